The van der Waals surface area contributed by atoms with Gasteiger partial charge in [-0.05, 0) is 34.6 Å². The average molecular weight is 310 g/mol. The average Bonchev–Trinajstić information content (AvgIpc) is 2.09. The van der Waals surface area contributed by atoms with Gasteiger partial charge in [0.25, 0.3) is 10.2 Å². The van der Waals surface area contributed by atoms with Crippen LogP contribution in [-0.4, -0.2) is 43.1 Å². The summed E-state index contributed by atoms with van der Waals surface area (Å²) in [7, 11) is -4.00. The van der Waals surface area contributed by atoms with E-state index in [9.17, 15) is 18.0 Å². The minimum atomic E-state index is -4.00. The first kappa shape index (κ1) is 18.8. The molecule has 118 valence electrons. The van der Waals surface area contributed by atoms with Crippen LogP contribution in [0.5, 0.6) is 0 Å². The van der Waals surface area contributed by atoms with E-state index in [4.69, 9.17) is 9.84 Å². The van der Waals surface area contributed by atoms with Crippen LogP contribution in [0.3, 0.4) is 0 Å². The molecule has 0 aromatic carbocycles. The quantitative estimate of drug-likeness (QED) is 0.569. The first-order valence-corrected chi connectivity index (χ1v) is 7.55. The van der Waals surface area contributed by atoms with Crippen molar-refractivity contribution < 1.29 is 27.9 Å². The SMILES string of the molecule is CC(C)NS(=O)(=O)N[C@@H](CC(=O)OC(C)(C)C)C(=O)O. The maximum Gasteiger partial charge on any atom is 0.322 e. The van der Waals surface area contributed by atoms with E-state index >= 15 is 0 Å². The minimum absolute atomic E-state index is 0.400. The van der Waals surface area contributed by atoms with Crippen LogP contribution in [0.2, 0.25) is 0 Å². The molecule has 0 heterocycles. The van der Waals surface area contributed by atoms with Crippen molar-refractivity contribution in [2.24, 2.45) is 0 Å². The number of carbonyl (C=O) groups is 2. The molecule has 0 aromatic rings. The van der Waals surface area contributed by atoms with E-state index in [1.54, 1.807) is 34.6 Å². The molecule has 0 saturated heterocycles. The van der Waals surface area contributed by atoms with Gasteiger partial charge in [0.05, 0.1) is 6.42 Å². The second kappa shape index (κ2) is 7.00. The summed E-state index contributed by atoms with van der Waals surface area (Å²) in [6.07, 6.45) is -0.592. The Kier molecular flexibility index (Phi) is 6.59. The summed E-state index contributed by atoms with van der Waals surface area (Å²) in [6, 6.07) is -1.98. The summed E-state index contributed by atoms with van der Waals surface area (Å²) >= 11 is 0. The molecule has 0 aromatic heterocycles. The molecule has 0 aliphatic carbocycles. The molecule has 0 bridgehead atoms. The van der Waals surface area contributed by atoms with Crippen LogP contribution in [0.4, 0.5) is 0 Å². The van der Waals surface area contributed by atoms with Gasteiger partial charge >= 0.3 is 11.9 Å². The molecule has 0 aliphatic rings. The summed E-state index contributed by atoms with van der Waals surface area (Å²) in [4.78, 5) is 22.5. The predicted molar refractivity (Wildman–Crippen MR) is 72.2 cm³/mol. The molecule has 0 amide bonds. The minimum Gasteiger partial charge on any atom is -0.480 e. The number of ether oxygens (including phenoxy) is 1. The lowest BCUT2D eigenvalue weighted by molar-refractivity contribution is -0.158. The maximum absolute atomic E-state index is 11.6. The van der Waals surface area contributed by atoms with Gasteiger partial charge in [-0.15, -0.1) is 0 Å². The van der Waals surface area contributed by atoms with E-state index in [2.05, 4.69) is 4.72 Å². The number of nitrogens with one attached hydrogen (secondary N) is 2. The Hall–Kier alpha value is -1.19. The summed E-state index contributed by atoms with van der Waals surface area (Å²) in [5.41, 5.74) is -0.769. The van der Waals surface area contributed by atoms with E-state index in [1.807, 2.05) is 4.72 Å². The third kappa shape index (κ3) is 8.83. The summed E-state index contributed by atoms with van der Waals surface area (Å²) in [5.74, 6) is -2.25. The Bertz CT molecular complexity index is 452. The molecule has 3 N–H and O–H groups in total. The fourth-order valence-corrected chi connectivity index (χ4v) is 2.51. The lowest BCUT2D eigenvalue weighted by atomic mass is 10.2. The van der Waals surface area contributed by atoms with Crippen molar-refractivity contribution in [1.29, 1.82) is 0 Å². The molecule has 8 nitrogen and oxygen atoms in total. The highest BCUT2D eigenvalue weighted by Crippen LogP contribution is 2.09. The largest absolute Gasteiger partial charge is 0.480 e. The van der Waals surface area contributed by atoms with Crippen LogP contribution in [0, 0.1) is 0 Å². The molecule has 20 heavy (non-hydrogen) atoms. The highest BCUT2D eigenvalue weighted by molar-refractivity contribution is 7.87. The molecule has 9 heteroatoms. The first-order chi connectivity index (χ1) is 8.82. The van der Waals surface area contributed by atoms with Crippen molar-refractivity contribution in [2.75, 3.05) is 0 Å². The van der Waals surface area contributed by atoms with Crippen molar-refractivity contribution in [3.8, 4) is 0 Å². The Morgan fingerprint density at radius 2 is 1.70 bits per heavy atom. The monoisotopic (exact) mass is 310 g/mol. The molecular formula is C11H22N2O6S. The number of esters is 1. The van der Waals surface area contributed by atoms with Crippen LogP contribution in [0.25, 0.3) is 0 Å². The molecule has 0 unspecified atom stereocenters. The Labute approximate surface area is 119 Å². The lowest BCUT2D eigenvalue weighted by Gasteiger charge is -2.21. The zero-order chi connectivity index (χ0) is 16.1. The van der Waals surface area contributed by atoms with Gasteiger partial charge in [-0.3, -0.25) is 9.59 Å². The van der Waals surface area contributed by atoms with E-state index in [0.717, 1.165) is 0 Å². The zero-order valence-electron chi connectivity index (χ0n) is 12.3. The number of carbonyl (C=O) groups excluding carboxylic acids is 1. The fourth-order valence-electron chi connectivity index (χ4n) is 1.26. The second-order valence-electron chi connectivity index (χ2n) is 5.58. The molecule has 0 fully saturated rings. The van der Waals surface area contributed by atoms with Crippen LogP contribution in [-0.2, 0) is 24.5 Å². The number of hydrogen-bond acceptors (Lipinski definition) is 5. The second-order valence-corrected chi connectivity index (χ2v) is 7.05. The van der Waals surface area contributed by atoms with Crippen LogP contribution in [0.15, 0.2) is 0 Å². The van der Waals surface area contributed by atoms with Crippen molar-refractivity contribution in [3.05, 3.63) is 0 Å². The van der Waals surface area contributed by atoms with Crippen molar-refractivity contribution >= 4 is 22.1 Å². The smallest absolute Gasteiger partial charge is 0.322 e. The molecule has 0 rings (SSSR count). The normalized spacial score (nSPS) is 14.1. The Morgan fingerprint density at radius 3 is 2.05 bits per heavy atom. The van der Waals surface area contributed by atoms with Crippen molar-refractivity contribution in [3.63, 3.8) is 0 Å². The molecule has 1 atom stereocenters. The Balaban J connectivity index is 4.76. The molecule has 0 saturated carbocycles. The third-order valence-electron chi connectivity index (χ3n) is 1.78. The van der Waals surface area contributed by atoms with Crippen molar-refractivity contribution in [1.82, 2.24) is 9.44 Å². The number of carboxylic acids is 1. The molecule has 0 radical (unpaired) electrons. The number of carboxylic acid groups (broad SMARTS) is 1. The molecular weight excluding hydrogens is 288 g/mol. The molecule has 0 spiro atoms. The summed E-state index contributed by atoms with van der Waals surface area (Å²) in [6.45, 7) is 8.06. The van der Waals surface area contributed by atoms with Gasteiger partial charge in [0.2, 0.25) is 0 Å². The van der Waals surface area contributed by atoms with Crippen molar-refractivity contribution in [2.45, 2.75) is 58.7 Å². The van der Waals surface area contributed by atoms with Crippen LogP contribution >= 0.6 is 0 Å². The summed E-state index contributed by atoms with van der Waals surface area (Å²) < 4.78 is 32.2. The van der Waals surface area contributed by atoms with Crippen LogP contribution < -0.4 is 9.44 Å². The fraction of sp³-hybridized carbons (Fsp3) is 0.818. The summed E-state index contributed by atoms with van der Waals surface area (Å²) in [5, 5.41) is 8.96. The molecule has 0 aliphatic heterocycles. The van der Waals surface area contributed by atoms with Gasteiger partial charge in [0.1, 0.15) is 11.6 Å². The van der Waals surface area contributed by atoms with E-state index in [1.165, 1.54) is 0 Å². The highest BCUT2D eigenvalue weighted by atomic mass is 32.2. The number of aliphatic carboxylic acids is 1. The highest BCUT2D eigenvalue weighted by Gasteiger charge is 2.29. The van der Waals surface area contributed by atoms with Gasteiger partial charge < -0.3 is 9.84 Å². The number of rotatable bonds is 7. The van der Waals surface area contributed by atoms with E-state index in [0.29, 0.717) is 0 Å². The van der Waals surface area contributed by atoms with Gasteiger partial charge in [-0.1, -0.05) is 0 Å². The lowest BCUT2D eigenvalue weighted by Crippen LogP contribution is -2.49. The third-order valence-corrected chi connectivity index (χ3v) is 3.15. The predicted octanol–water partition coefficient (Wildman–Crippen LogP) is 0.00380. The van der Waals surface area contributed by atoms with Crippen LogP contribution in [0.1, 0.15) is 41.0 Å². The Morgan fingerprint density at radius 1 is 1.20 bits per heavy atom. The number of hydrogen-bond donors (Lipinski definition) is 3. The van der Waals surface area contributed by atoms with Gasteiger partial charge in [0, 0.05) is 6.04 Å². The van der Waals surface area contributed by atoms with E-state index in [-0.39, 0.29) is 0 Å². The van der Waals surface area contributed by atoms with Gasteiger partial charge in [-0.2, -0.15) is 17.9 Å². The first-order valence-electron chi connectivity index (χ1n) is 6.06. The van der Waals surface area contributed by atoms with E-state index < -0.39 is 46.3 Å². The topological polar surface area (TPSA) is 122 Å². The maximum atomic E-state index is 11.6. The standard InChI is InChI=1S/C11H22N2O6S/c1-7(2)12-20(17,18)13-8(10(15)16)6-9(14)19-11(3,4)5/h7-8,12-13H,6H2,1-5H3,(H,15,16)/t8-/m0/s1. The van der Waals surface area contributed by atoms with Gasteiger partial charge in [0.15, 0.2) is 0 Å². The van der Waals surface area contributed by atoms with Gasteiger partial charge in [-0.25, -0.2) is 0 Å². The zero-order valence-corrected chi connectivity index (χ0v) is 13.1.